The van der Waals surface area contributed by atoms with Crippen LogP contribution in [0, 0.1) is 6.92 Å². The fourth-order valence-corrected chi connectivity index (χ4v) is 4.04. The van der Waals surface area contributed by atoms with E-state index in [1.807, 2.05) is 54.1 Å². The van der Waals surface area contributed by atoms with Crippen molar-refractivity contribution in [2.75, 3.05) is 19.5 Å². The van der Waals surface area contributed by atoms with E-state index in [0.29, 0.717) is 29.4 Å². The molecular weight excluding hydrogens is 404 g/mol. The minimum Gasteiger partial charge on any atom is -0.493 e. The second-order valence-electron chi connectivity index (χ2n) is 7.63. The van der Waals surface area contributed by atoms with Gasteiger partial charge in [0.05, 0.1) is 25.6 Å². The lowest BCUT2D eigenvalue weighted by Gasteiger charge is -2.12. The first-order chi connectivity index (χ1) is 15.6. The number of anilines is 1. The molecule has 7 heteroatoms. The molecule has 1 N–H and O–H groups in total. The highest BCUT2D eigenvalue weighted by Gasteiger charge is 2.32. The van der Waals surface area contributed by atoms with Crippen LogP contribution in [0.1, 0.15) is 27.2 Å². The van der Waals surface area contributed by atoms with Crippen molar-refractivity contribution in [1.29, 1.82) is 0 Å². The van der Waals surface area contributed by atoms with Gasteiger partial charge in [-0.25, -0.2) is 9.67 Å². The van der Waals surface area contributed by atoms with E-state index in [2.05, 4.69) is 10.3 Å². The van der Waals surface area contributed by atoms with E-state index in [1.54, 1.807) is 32.5 Å². The van der Waals surface area contributed by atoms with Crippen LogP contribution in [0.3, 0.4) is 0 Å². The highest BCUT2D eigenvalue weighted by molar-refractivity contribution is 6.05. The number of rotatable bonds is 5. The van der Waals surface area contributed by atoms with Crippen LogP contribution in [0.2, 0.25) is 0 Å². The number of fused-ring (bicyclic) bond motifs is 3. The van der Waals surface area contributed by atoms with Gasteiger partial charge in [-0.15, -0.1) is 0 Å². The first kappa shape index (κ1) is 19.8. The summed E-state index contributed by atoms with van der Waals surface area (Å²) in [5.74, 6) is 1.48. The molecule has 0 saturated heterocycles. The standard InChI is InChI=1S/C25H22N4O3/c1-15-7-9-17(10-8-15)29-24-18-14-21(32-3)20(31-2)13-16(18)12-19(24)23(28-29)25(30)27-22-6-4-5-11-26-22/h4-11,13-14H,12H2,1-3H3,(H,26,27,30). The van der Waals surface area contributed by atoms with E-state index >= 15 is 0 Å². The Bertz CT molecular complexity index is 1310. The predicted octanol–water partition coefficient (Wildman–Crippen LogP) is 4.42. The molecule has 1 aliphatic carbocycles. The smallest absolute Gasteiger partial charge is 0.277 e. The number of hydrogen-bond acceptors (Lipinski definition) is 5. The molecule has 0 atom stereocenters. The van der Waals surface area contributed by atoms with Crippen LogP contribution in [0.15, 0.2) is 60.8 Å². The average Bonchev–Trinajstić information content (AvgIpc) is 3.36. The zero-order valence-electron chi connectivity index (χ0n) is 18.0. The molecule has 1 amide bonds. The van der Waals surface area contributed by atoms with Crippen LogP contribution >= 0.6 is 0 Å². The maximum Gasteiger partial charge on any atom is 0.277 e. The fraction of sp³-hybridized carbons (Fsp3) is 0.160. The zero-order chi connectivity index (χ0) is 22.2. The van der Waals surface area contributed by atoms with E-state index in [1.165, 1.54) is 0 Å². The molecule has 0 bridgehead atoms. The van der Waals surface area contributed by atoms with Gasteiger partial charge in [-0.3, -0.25) is 4.79 Å². The van der Waals surface area contributed by atoms with E-state index < -0.39 is 0 Å². The maximum absolute atomic E-state index is 13.2. The number of methoxy groups -OCH3 is 2. The van der Waals surface area contributed by atoms with Crippen molar-refractivity contribution < 1.29 is 14.3 Å². The Labute approximate surface area is 185 Å². The molecule has 0 fully saturated rings. The Hall–Kier alpha value is -4.13. The highest BCUT2D eigenvalue weighted by Crippen LogP contribution is 2.44. The second kappa shape index (κ2) is 7.85. The van der Waals surface area contributed by atoms with E-state index in [4.69, 9.17) is 14.6 Å². The molecule has 2 aromatic carbocycles. The summed E-state index contributed by atoms with van der Waals surface area (Å²) in [4.78, 5) is 17.4. The van der Waals surface area contributed by atoms with Crippen molar-refractivity contribution in [2.45, 2.75) is 13.3 Å². The van der Waals surface area contributed by atoms with Crippen LogP contribution in [0.5, 0.6) is 11.5 Å². The lowest BCUT2D eigenvalue weighted by atomic mass is 10.1. The Kier molecular flexibility index (Phi) is 4.86. The molecule has 2 aromatic heterocycles. The summed E-state index contributed by atoms with van der Waals surface area (Å²) in [7, 11) is 3.23. The van der Waals surface area contributed by atoms with Gasteiger partial charge in [0.25, 0.3) is 5.91 Å². The van der Waals surface area contributed by atoms with E-state index in [0.717, 1.165) is 33.6 Å². The Morgan fingerprint density at radius 1 is 1.03 bits per heavy atom. The van der Waals surface area contributed by atoms with Crippen LogP contribution in [0.25, 0.3) is 16.9 Å². The molecule has 0 saturated carbocycles. The Balaban J connectivity index is 1.66. The Morgan fingerprint density at radius 2 is 1.78 bits per heavy atom. The third-order valence-electron chi connectivity index (χ3n) is 5.62. The normalized spacial score (nSPS) is 11.6. The van der Waals surface area contributed by atoms with Gasteiger partial charge in [0.15, 0.2) is 17.2 Å². The fourth-order valence-electron chi connectivity index (χ4n) is 4.04. The number of hydrogen-bond donors (Lipinski definition) is 1. The minimum atomic E-state index is -0.294. The summed E-state index contributed by atoms with van der Waals surface area (Å²) in [5.41, 5.74) is 6.19. The van der Waals surface area contributed by atoms with Crippen LogP contribution in [-0.4, -0.2) is 34.9 Å². The first-order valence-electron chi connectivity index (χ1n) is 10.3. The third-order valence-corrected chi connectivity index (χ3v) is 5.62. The largest absolute Gasteiger partial charge is 0.493 e. The zero-order valence-corrected chi connectivity index (χ0v) is 18.0. The average molecular weight is 426 g/mol. The summed E-state index contributed by atoms with van der Waals surface area (Å²) < 4.78 is 12.8. The number of carbonyl (C=O) groups excluding carboxylic acids is 1. The molecule has 0 aliphatic heterocycles. The van der Waals surface area contributed by atoms with E-state index in [-0.39, 0.29) is 5.91 Å². The molecule has 4 aromatic rings. The molecule has 1 aliphatic rings. The number of aromatic nitrogens is 3. The summed E-state index contributed by atoms with van der Waals surface area (Å²) in [5, 5.41) is 7.59. The number of aryl methyl sites for hydroxylation is 1. The van der Waals surface area contributed by atoms with Gasteiger partial charge in [0.1, 0.15) is 5.82 Å². The van der Waals surface area contributed by atoms with Crippen molar-refractivity contribution in [3.63, 3.8) is 0 Å². The first-order valence-corrected chi connectivity index (χ1v) is 10.3. The minimum absolute atomic E-state index is 0.294. The number of benzene rings is 2. The molecule has 0 unspecified atom stereocenters. The molecule has 160 valence electrons. The topological polar surface area (TPSA) is 78.3 Å². The van der Waals surface area contributed by atoms with Crippen LogP contribution in [-0.2, 0) is 6.42 Å². The number of ether oxygens (including phenoxy) is 2. The number of amides is 1. The second-order valence-corrected chi connectivity index (χ2v) is 7.63. The summed E-state index contributed by atoms with van der Waals surface area (Å²) in [6.07, 6.45) is 2.21. The molecule has 2 heterocycles. The van der Waals surface area contributed by atoms with Crippen molar-refractivity contribution in [1.82, 2.24) is 14.8 Å². The quantitative estimate of drug-likeness (QED) is 0.450. The van der Waals surface area contributed by atoms with Gasteiger partial charge >= 0.3 is 0 Å². The molecule has 7 nitrogen and oxygen atoms in total. The molecule has 0 radical (unpaired) electrons. The van der Waals surface area contributed by atoms with Gasteiger partial charge < -0.3 is 14.8 Å². The third kappa shape index (κ3) is 3.28. The van der Waals surface area contributed by atoms with Crippen LogP contribution < -0.4 is 14.8 Å². The number of pyridine rings is 1. The lowest BCUT2D eigenvalue weighted by Crippen LogP contribution is -2.15. The monoisotopic (exact) mass is 426 g/mol. The number of nitrogens with one attached hydrogen (secondary N) is 1. The van der Waals surface area contributed by atoms with Gasteiger partial charge in [0, 0.05) is 23.7 Å². The maximum atomic E-state index is 13.2. The van der Waals surface area contributed by atoms with Crippen molar-refractivity contribution in [2.24, 2.45) is 0 Å². The summed E-state index contributed by atoms with van der Waals surface area (Å²) in [6.45, 7) is 2.04. The van der Waals surface area contributed by atoms with Crippen LogP contribution in [0.4, 0.5) is 5.82 Å². The Morgan fingerprint density at radius 3 is 2.47 bits per heavy atom. The SMILES string of the molecule is COc1cc2c(cc1OC)-c1c(c(C(=O)Nc3ccccn3)nn1-c1ccc(C)cc1)C2. The van der Waals surface area contributed by atoms with E-state index in [9.17, 15) is 4.79 Å². The number of nitrogens with zero attached hydrogens (tertiary/aromatic N) is 3. The van der Waals surface area contributed by atoms with Gasteiger partial charge in [-0.05, 0) is 48.9 Å². The van der Waals surface area contributed by atoms with Crippen molar-refractivity contribution in [3.05, 3.63) is 83.2 Å². The molecule has 5 rings (SSSR count). The van der Waals surface area contributed by atoms with Crippen molar-refractivity contribution >= 4 is 11.7 Å². The summed E-state index contributed by atoms with van der Waals surface area (Å²) in [6, 6.07) is 17.4. The van der Waals surface area contributed by atoms with Gasteiger partial charge in [-0.1, -0.05) is 23.8 Å². The molecule has 32 heavy (non-hydrogen) atoms. The molecule has 0 spiro atoms. The highest BCUT2D eigenvalue weighted by atomic mass is 16.5. The summed E-state index contributed by atoms with van der Waals surface area (Å²) >= 11 is 0. The number of carbonyl (C=O) groups is 1. The van der Waals surface area contributed by atoms with Gasteiger partial charge in [-0.2, -0.15) is 5.10 Å². The predicted molar refractivity (Wildman–Crippen MR) is 122 cm³/mol. The van der Waals surface area contributed by atoms with Gasteiger partial charge in [0.2, 0.25) is 0 Å². The van der Waals surface area contributed by atoms with Crippen molar-refractivity contribution in [3.8, 4) is 28.4 Å². The lowest BCUT2D eigenvalue weighted by molar-refractivity contribution is 0.102. The molecular formula is C25H22N4O3.